The number of rotatable bonds is 2. The Morgan fingerprint density at radius 3 is 2.47 bits per heavy atom. The van der Waals surface area contributed by atoms with Crippen molar-refractivity contribution in [1.29, 1.82) is 0 Å². The van der Waals surface area contributed by atoms with Crippen LogP contribution in [0.1, 0.15) is 0 Å². The molecule has 0 unspecified atom stereocenters. The van der Waals surface area contributed by atoms with Gasteiger partial charge in [0.2, 0.25) is 0 Å². The molecule has 0 atom stereocenters. The minimum absolute atomic E-state index is 0.441. The van der Waals surface area contributed by atoms with Crippen LogP contribution in [0.2, 0.25) is 5.15 Å². The first-order valence-electron chi connectivity index (χ1n) is 4.42. The van der Waals surface area contributed by atoms with Gasteiger partial charge in [-0.1, -0.05) is 11.6 Å². The molecule has 2 rings (SSSR count). The van der Waals surface area contributed by atoms with Crippen LogP contribution in [0.15, 0.2) is 36.5 Å². The number of ether oxygens (including phenoxy) is 1. The average Bonchev–Trinajstić information content (AvgIpc) is 2.29. The van der Waals surface area contributed by atoms with Crippen LogP contribution in [0.4, 0.5) is 0 Å². The molecule has 0 radical (unpaired) electrons. The zero-order valence-corrected chi connectivity index (χ0v) is 8.90. The molecule has 2 aromatic rings. The van der Waals surface area contributed by atoms with E-state index in [0.29, 0.717) is 11.0 Å². The number of aromatic nitrogens is 2. The van der Waals surface area contributed by atoms with Gasteiger partial charge in [-0.3, -0.25) is 0 Å². The van der Waals surface area contributed by atoms with E-state index in [9.17, 15) is 0 Å². The summed E-state index contributed by atoms with van der Waals surface area (Å²) in [7, 11) is 1.63. The molecule has 0 saturated heterocycles. The van der Waals surface area contributed by atoms with Gasteiger partial charge in [-0.25, -0.2) is 9.97 Å². The normalized spacial score (nSPS) is 10.0. The summed E-state index contributed by atoms with van der Waals surface area (Å²) in [5.74, 6) is 1.42. The lowest BCUT2D eigenvalue weighted by molar-refractivity contribution is 0.415. The Hall–Kier alpha value is -1.61. The Morgan fingerprint density at radius 1 is 1.13 bits per heavy atom. The maximum atomic E-state index is 5.78. The van der Waals surface area contributed by atoms with E-state index in [-0.39, 0.29) is 0 Å². The molecule has 1 heterocycles. The van der Waals surface area contributed by atoms with Crippen molar-refractivity contribution >= 4 is 11.6 Å². The second kappa shape index (κ2) is 4.28. The SMILES string of the molecule is COc1ccc(-c2nccc(Cl)n2)cc1. The van der Waals surface area contributed by atoms with Crippen molar-refractivity contribution in [2.75, 3.05) is 7.11 Å². The molecule has 0 N–H and O–H groups in total. The molecule has 0 spiro atoms. The van der Waals surface area contributed by atoms with E-state index < -0.39 is 0 Å². The van der Waals surface area contributed by atoms with Gasteiger partial charge in [0.05, 0.1) is 7.11 Å². The van der Waals surface area contributed by atoms with Crippen molar-refractivity contribution in [2.24, 2.45) is 0 Å². The third-order valence-electron chi connectivity index (χ3n) is 1.97. The van der Waals surface area contributed by atoms with Crippen LogP contribution < -0.4 is 4.74 Å². The number of hydrogen-bond acceptors (Lipinski definition) is 3. The van der Waals surface area contributed by atoms with Gasteiger partial charge in [0.15, 0.2) is 5.82 Å². The number of halogens is 1. The molecule has 0 aliphatic rings. The molecule has 76 valence electrons. The van der Waals surface area contributed by atoms with Crippen molar-refractivity contribution in [2.45, 2.75) is 0 Å². The number of benzene rings is 1. The predicted molar refractivity (Wildman–Crippen MR) is 59.0 cm³/mol. The van der Waals surface area contributed by atoms with Gasteiger partial charge < -0.3 is 4.74 Å². The van der Waals surface area contributed by atoms with Crippen LogP contribution >= 0.6 is 11.6 Å². The summed E-state index contributed by atoms with van der Waals surface area (Å²) in [6.07, 6.45) is 1.63. The second-order valence-electron chi connectivity index (χ2n) is 2.93. The monoisotopic (exact) mass is 220 g/mol. The van der Waals surface area contributed by atoms with Crippen LogP contribution in [0.5, 0.6) is 5.75 Å². The number of methoxy groups -OCH3 is 1. The van der Waals surface area contributed by atoms with Crippen LogP contribution in [0.3, 0.4) is 0 Å². The fraction of sp³-hybridized carbons (Fsp3) is 0.0909. The Balaban J connectivity index is 2.37. The Labute approximate surface area is 92.7 Å². The highest BCUT2D eigenvalue weighted by atomic mass is 35.5. The first kappa shape index (κ1) is 9.93. The summed E-state index contributed by atoms with van der Waals surface area (Å²) in [5, 5.41) is 0.441. The molecule has 1 aromatic heterocycles. The molecule has 15 heavy (non-hydrogen) atoms. The Morgan fingerprint density at radius 2 is 1.87 bits per heavy atom. The second-order valence-corrected chi connectivity index (χ2v) is 3.32. The van der Waals surface area contributed by atoms with Gasteiger partial charge in [-0.2, -0.15) is 0 Å². The van der Waals surface area contributed by atoms with Crippen LogP contribution in [0.25, 0.3) is 11.4 Å². The largest absolute Gasteiger partial charge is 0.497 e. The average molecular weight is 221 g/mol. The van der Waals surface area contributed by atoms with Gasteiger partial charge in [0.1, 0.15) is 10.9 Å². The first-order chi connectivity index (χ1) is 7.29. The molecule has 0 aliphatic carbocycles. The van der Waals surface area contributed by atoms with E-state index in [0.717, 1.165) is 11.3 Å². The summed E-state index contributed by atoms with van der Waals surface area (Å²) in [6, 6.07) is 9.16. The molecule has 4 heteroatoms. The van der Waals surface area contributed by atoms with Crippen LogP contribution in [-0.2, 0) is 0 Å². The smallest absolute Gasteiger partial charge is 0.160 e. The van der Waals surface area contributed by atoms with Crippen molar-refractivity contribution in [1.82, 2.24) is 9.97 Å². The maximum absolute atomic E-state index is 5.78. The summed E-state index contributed by atoms with van der Waals surface area (Å²) in [4.78, 5) is 8.24. The highest BCUT2D eigenvalue weighted by Gasteiger charge is 2.01. The van der Waals surface area contributed by atoms with Crippen molar-refractivity contribution in [3.63, 3.8) is 0 Å². The lowest BCUT2D eigenvalue weighted by Gasteiger charge is -2.02. The summed E-state index contributed by atoms with van der Waals surface area (Å²) >= 11 is 5.78. The number of nitrogens with zero attached hydrogens (tertiary/aromatic N) is 2. The number of hydrogen-bond donors (Lipinski definition) is 0. The maximum Gasteiger partial charge on any atom is 0.160 e. The summed E-state index contributed by atoms with van der Waals surface area (Å²) < 4.78 is 5.06. The molecule has 0 amide bonds. The molecular formula is C11H9ClN2O. The van der Waals surface area contributed by atoms with Crippen LogP contribution in [0, 0.1) is 0 Å². The van der Waals surface area contributed by atoms with Crippen molar-refractivity contribution in [3.05, 3.63) is 41.7 Å². The summed E-state index contributed by atoms with van der Waals surface area (Å²) in [6.45, 7) is 0. The van der Waals surface area contributed by atoms with E-state index in [4.69, 9.17) is 16.3 Å². The van der Waals surface area contributed by atoms with E-state index in [1.807, 2.05) is 24.3 Å². The molecule has 0 saturated carbocycles. The molecule has 3 nitrogen and oxygen atoms in total. The fourth-order valence-electron chi connectivity index (χ4n) is 1.22. The van der Waals surface area contributed by atoms with Gasteiger partial charge in [0.25, 0.3) is 0 Å². The molecule has 0 bridgehead atoms. The zero-order valence-electron chi connectivity index (χ0n) is 8.14. The molecule has 0 aliphatic heterocycles. The van der Waals surface area contributed by atoms with Crippen molar-refractivity contribution < 1.29 is 4.74 Å². The quantitative estimate of drug-likeness (QED) is 0.730. The minimum Gasteiger partial charge on any atom is -0.497 e. The van der Waals surface area contributed by atoms with E-state index in [2.05, 4.69) is 9.97 Å². The van der Waals surface area contributed by atoms with Gasteiger partial charge >= 0.3 is 0 Å². The van der Waals surface area contributed by atoms with E-state index in [1.54, 1.807) is 19.4 Å². The van der Waals surface area contributed by atoms with E-state index >= 15 is 0 Å². The third-order valence-corrected chi connectivity index (χ3v) is 2.18. The Bertz CT molecular complexity index is 456. The first-order valence-corrected chi connectivity index (χ1v) is 4.80. The van der Waals surface area contributed by atoms with Crippen LogP contribution in [-0.4, -0.2) is 17.1 Å². The molecular weight excluding hydrogens is 212 g/mol. The predicted octanol–water partition coefficient (Wildman–Crippen LogP) is 2.81. The minimum atomic E-state index is 0.441. The summed E-state index contributed by atoms with van der Waals surface area (Å²) in [5.41, 5.74) is 0.915. The van der Waals surface area contributed by atoms with Gasteiger partial charge in [-0.15, -0.1) is 0 Å². The lowest BCUT2D eigenvalue weighted by Crippen LogP contribution is -1.88. The van der Waals surface area contributed by atoms with Gasteiger partial charge in [0, 0.05) is 11.8 Å². The van der Waals surface area contributed by atoms with Crippen molar-refractivity contribution in [3.8, 4) is 17.1 Å². The lowest BCUT2D eigenvalue weighted by atomic mass is 10.2. The third kappa shape index (κ3) is 2.25. The Kier molecular flexibility index (Phi) is 2.83. The zero-order chi connectivity index (χ0) is 10.7. The highest BCUT2D eigenvalue weighted by molar-refractivity contribution is 6.29. The standard InChI is InChI=1S/C11H9ClN2O/c1-15-9-4-2-8(3-5-9)11-13-7-6-10(12)14-11/h2-7H,1H3. The van der Waals surface area contributed by atoms with Gasteiger partial charge in [-0.05, 0) is 30.3 Å². The fourth-order valence-corrected chi connectivity index (χ4v) is 1.35. The molecule has 1 aromatic carbocycles. The topological polar surface area (TPSA) is 35.0 Å². The molecule has 0 fully saturated rings. The highest BCUT2D eigenvalue weighted by Crippen LogP contribution is 2.19. The van der Waals surface area contributed by atoms with E-state index in [1.165, 1.54) is 0 Å².